The highest BCUT2D eigenvalue weighted by Gasteiger charge is 2.24. The molecule has 7 heteroatoms. The molecule has 4 aromatic rings. The van der Waals surface area contributed by atoms with Crippen LogP contribution < -0.4 is 14.8 Å². The van der Waals surface area contributed by atoms with E-state index in [1.165, 1.54) is 18.3 Å². The lowest BCUT2D eigenvalue weighted by molar-refractivity contribution is 0.340. The summed E-state index contributed by atoms with van der Waals surface area (Å²) in [5.41, 5.74) is 2.21. The molecule has 0 saturated carbocycles. The average Bonchev–Trinajstić information content (AvgIpc) is 2.83. The molecule has 1 heterocycles. The molecule has 3 aromatic carbocycles. The number of fused-ring (bicyclic) bond motifs is 1. The molecule has 0 unspecified atom stereocenters. The van der Waals surface area contributed by atoms with E-state index in [-0.39, 0.29) is 9.79 Å². The van der Waals surface area contributed by atoms with Crippen LogP contribution in [0.1, 0.15) is 12.5 Å². The lowest BCUT2D eigenvalue weighted by atomic mass is 10.1. The fourth-order valence-electron chi connectivity index (χ4n) is 3.46. The van der Waals surface area contributed by atoms with Crippen molar-refractivity contribution < 1.29 is 17.9 Å². The van der Waals surface area contributed by atoms with E-state index in [0.717, 1.165) is 5.56 Å². The fraction of sp³-hybridized carbons (Fsp3) is 0.160. The molecule has 0 atom stereocenters. The van der Waals surface area contributed by atoms with Crippen LogP contribution in [0.5, 0.6) is 11.5 Å². The Labute approximate surface area is 187 Å². The van der Waals surface area contributed by atoms with Crippen LogP contribution in [0.3, 0.4) is 0 Å². The molecule has 0 aliphatic heterocycles. The number of aromatic nitrogens is 1. The van der Waals surface area contributed by atoms with Crippen LogP contribution >= 0.6 is 0 Å². The second kappa shape index (κ2) is 9.28. The minimum absolute atomic E-state index is 0.111. The number of sulfone groups is 1. The van der Waals surface area contributed by atoms with Crippen molar-refractivity contribution >= 4 is 26.4 Å². The van der Waals surface area contributed by atoms with E-state index in [0.29, 0.717) is 41.2 Å². The molecule has 0 bridgehead atoms. The minimum atomic E-state index is -3.84. The summed E-state index contributed by atoms with van der Waals surface area (Å²) in [4.78, 5) is 4.70. The summed E-state index contributed by atoms with van der Waals surface area (Å²) in [6.45, 7) is 2.88. The number of hydrogen-bond acceptors (Lipinski definition) is 6. The first-order valence-electron chi connectivity index (χ1n) is 10.3. The lowest BCUT2D eigenvalue weighted by Crippen LogP contribution is -2.10. The number of nitrogens with one attached hydrogen (secondary N) is 1. The first-order valence-corrected chi connectivity index (χ1v) is 11.7. The highest BCUT2D eigenvalue weighted by atomic mass is 32.2. The largest absolute Gasteiger partial charge is 0.497 e. The summed E-state index contributed by atoms with van der Waals surface area (Å²) < 4.78 is 37.9. The van der Waals surface area contributed by atoms with Gasteiger partial charge in [0.1, 0.15) is 16.4 Å². The molecule has 32 heavy (non-hydrogen) atoms. The Morgan fingerprint density at radius 1 is 0.938 bits per heavy atom. The molecular weight excluding hydrogens is 424 g/mol. The van der Waals surface area contributed by atoms with Gasteiger partial charge in [0, 0.05) is 18.1 Å². The smallest absolute Gasteiger partial charge is 0.210 e. The molecule has 1 N–H and O–H groups in total. The van der Waals surface area contributed by atoms with Crippen LogP contribution in [0.15, 0.2) is 88.8 Å². The van der Waals surface area contributed by atoms with Gasteiger partial charge in [0.05, 0.1) is 29.8 Å². The third kappa shape index (κ3) is 4.38. The Morgan fingerprint density at radius 2 is 1.66 bits per heavy atom. The molecule has 0 amide bonds. The maximum absolute atomic E-state index is 13.6. The van der Waals surface area contributed by atoms with Crippen molar-refractivity contribution in [1.29, 1.82) is 0 Å². The standard InChI is InChI=1S/C25H24N2O4S/c1-3-31-20-11-14-23-22(15-20)25(27-16-18-7-5-4-6-8-18)24(17-26-23)32(28,29)21-12-9-19(30-2)10-13-21/h4-15,17H,3,16H2,1-2H3,(H,26,27). The van der Waals surface area contributed by atoms with Crippen LogP contribution in [-0.4, -0.2) is 27.1 Å². The minimum Gasteiger partial charge on any atom is -0.497 e. The number of hydrogen-bond donors (Lipinski definition) is 1. The van der Waals surface area contributed by atoms with Gasteiger partial charge in [-0.3, -0.25) is 4.98 Å². The number of pyridine rings is 1. The van der Waals surface area contributed by atoms with E-state index < -0.39 is 9.84 Å². The van der Waals surface area contributed by atoms with Gasteiger partial charge in [0.2, 0.25) is 9.84 Å². The molecule has 0 aliphatic rings. The molecule has 0 spiro atoms. The number of ether oxygens (including phenoxy) is 2. The van der Waals surface area contributed by atoms with Crippen molar-refractivity contribution in [3.8, 4) is 11.5 Å². The summed E-state index contributed by atoms with van der Waals surface area (Å²) in [5, 5.41) is 4.02. The van der Waals surface area contributed by atoms with Crippen molar-refractivity contribution in [2.45, 2.75) is 23.3 Å². The van der Waals surface area contributed by atoms with E-state index in [1.54, 1.807) is 19.2 Å². The van der Waals surface area contributed by atoms with Crippen LogP contribution in [0.25, 0.3) is 10.9 Å². The number of anilines is 1. The Kier molecular flexibility index (Phi) is 6.28. The summed E-state index contributed by atoms with van der Waals surface area (Å²) in [6.07, 6.45) is 1.41. The van der Waals surface area contributed by atoms with Crippen LogP contribution in [-0.2, 0) is 16.4 Å². The second-order valence-corrected chi connectivity index (χ2v) is 9.05. The number of methoxy groups -OCH3 is 1. The summed E-state index contributed by atoms with van der Waals surface area (Å²) in [7, 11) is -2.30. The topological polar surface area (TPSA) is 77.5 Å². The van der Waals surface area contributed by atoms with Crippen LogP contribution in [0.2, 0.25) is 0 Å². The Bertz CT molecular complexity index is 1320. The number of rotatable bonds is 8. The second-order valence-electron chi connectivity index (χ2n) is 7.13. The van der Waals surface area contributed by atoms with Crippen molar-refractivity contribution in [2.24, 2.45) is 0 Å². The SMILES string of the molecule is CCOc1ccc2ncc(S(=O)(=O)c3ccc(OC)cc3)c(NCc3ccccc3)c2c1. The molecule has 164 valence electrons. The summed E-state index contributed by atoms with van der Waals surface area (Å²) in [6, 6.07) is 21.6. The average molecular weight is 449 g/mol. The number of benzene rings is 3. The van der Waals surface area contributed by atoms with Gasteiger partial charge in [0.15, 0.2) is 0 Å². The Balaban J connectivity index is 1.85. The Morgan fingerprint density at radius 3 is 2.34 bits per heavy atom. The van der Waals surface area contributed by atoms with Gasteiger partial charge in [-0.25, -0.2) is 8.42 Å². The normalized spacial score (nSPS) is 11.3. The van der Waals surface area contributed by atoms with Gasteiger partial charge < -0.3 is 14.8 Å². The molecule has 0 fully saturated rings. The first-order chi connectivity index (χ1) is 15.5. The van der Waals surface area contributed by atoms with E-state index in [4.69, 9.17) is 9.47 Å². The van der Waals surface area contributed by atoms with Gasteiger partial charge in [-0.1, -0.05) is 30.3 Å². The first kappa shape index (κ1) is 21.6. The van der Waals surface area contributed by atoms with Gasteiger partial charge in [-0.2, -0.15) is 0 Å². The predicted octanol–water partition coefficient (Wildman–Crippen LogP) is 5.09. The van der Waals surface area contributed by atoms with E-state index in [9.17, 15) is 8.42 Å². The van der Waals surface area contributed by atoms with Gasteiger partial charge in [0.25, 0.3) is 0 Å². The zero-order valence-electron chi connectivity index (χ0n) is 17.9. The fourth-order valence-corrected chi connectivity index (χ4v) is 4.85. The van der Waals surface area contributed by atoms with Crippen LogP contribution in [0.4, 0.5) is 5.69 Å². The maximum Gasteiger partial charge on any atom is 0.210 e. The zero-order chi connectivity index (χ0) is 22.6. The van der Waals surface area contributed by atoms with Gasteiger partial charge >= 0.3 is 0 Å². The highest BCUT2D eigenvalue weighted by Crippen LogP contribution is 2.35. The third-order valence-electron chi connectivity index (χ3n) is 5.09. The lowest BCUT2D eigenvalue weighted by Gasteiger charge is -2.16. The molecule has 1 aromatic heterocycles. The molecule has 4 rings (SSSR count). The van der Waals surface area contributed by atoms with Crippen molar-refractivity contribution in [3.63, 3.8) is 0 Å². The van der Waals surface area contributed by atoms with Crippen molar-refractivity contribution in [1.82, 2.24) is 4.98 Å². The molecular formula is C25H24N2O4S. The quantitative estimate of drug-likeness (QED) is 0.405. The van der Waals surface area contributed by atoms with Gasteiger partial charge in [-0.05, 0) is 55.0 Å². The molecule has 0 radical (unpaired) electrons. The van der Waals surface area contributed by atoms with E-state index in [1.807, 2.05) is 55.5 Å². The van der Waals surface area contributed by atoms with Crippen LogP contribution in [0, 0.1) is 0 Å². The zero-order valence-corrected chi connectivity index (χ0v) is 18.7. The molecule has 0 aliphatic carbocycles. The number of nitrogens with zero attached hydrogens (tertiary/aromatic N) is 1. The van der Waals surface area contributed by atoms with E-state index >= 15 is 0 Å². The third-order valence-corrected chi connectivity index (χ3v) is 6.87. The van der Waals surface area contributed by atoms with Crippen molar-refractivity contribution in [3.05, 3.63) is 84.6 Å². The monoisotopic (exact) mass is 448 g/mol. The summed E-state index contributed by atoms with van der Waals surface area (Å²) >= 11 is 0. The maximum atomic E-state index is 13.6. The summed E-state index contributed by atoms with van der Waals surface area (Å²) in [5.74, 6) is 1.24. The highest BCUT2D eigenvalue weighted by molar-refractivity contribution is 7.91. The Hall–Kier alpha value is -3.58. The van der Waals surface area contributed by atoms with Gasteiger partial charge in [-0.15, -0.1) is 0 Å². The predicted molar refractivity (Wildman–Crippen MR) is 125 cm³/mol. The molecule has 6 nitrogen and oxygen atoms in total. The van der Waals surface area contributed by atoms with E-state index in [2.05, 4.69) is 10.3 Å². The van der Waals surface area contributed by atoms with Crippen molar-refractivity contribution in [2.75, 3.05) is 19.0 Å². The molecule has 0 saturated heterocycles.